The summed E-state index contributed by atoms with van der Waals surface area (Å²) in [6, 6.07) is 37.1. The fourth-order valence-electron chi connectivity index (χ4n) is 4.94. The van der Waals surface area contributed by atoms with Gasteiger partial charge in [0, 0.05) is 18.6 Å². The molecule has 0 unspecified atom stereocenters. The monoisotopic (exact) mass is 553 g/mol. The highest BCUT2D eigenvalue weighted by atomic mass is 31.1. The molecule has 0 saturated heterocycles. The van der Waals surface area contributed by atoms with E-state index in [-0.39, 0.29) is 5.54 Å². The van der Waals surface area contributed by atoms with Crippen LogP contribution in [0.3, 0.4) is 0 Å². The van der Waals surface area contributed by atoms with Gasteiger partial charge in [-0.05, 0) is 97.9 Å². The number of nitrogens with zero attached hydrogens (tertiary/aromatic N) is 1. The Morgan fingerprint density at radius 1 is 0.436 bits per heavy atom. The second-order valence-corrected chi connectivity index (χ2v) is 16.5. The molecule has 0 radical (unpaired) electrons. The summed E-state index contributed by atoms with van der Waals surface area (Å²) < 4.78 is 0. The summed E-state index contributed by atoms with van der Waals surface area (Å²) in [5.74, 6) is 0. The Balaban J connectivity index is 1.56. The first kappa shape index (κ1) is 29.7. The maximum absolute atomic E-state index is 2.74. The number of aryl methyl sites for hydroxylation is 4. The molecule has 0 aliphatic rings. The molecule has 0 saturated carbocycles. The van der Waals surface area contributed by atoms with Crippen LogP contribution in [0.4, 0.5) is 0 Å². The van der Waals surface area contributed by atoms with E-state index in [0.717, 1.165) is 13.1 Å². The lowest BCUT2D eigenvalue weighted by molar-refractivity contribution is 0.156. The van der Waals surface area contributed by atoms with Crippen LogP contribution >= 0.6 is 15.8 Å². The van der Waals surface area contributed by atoms with Crippen LogP contribution < -0.4 is 21.2 Å². The summed E-state index contributed by atoms with van der Waals surface area (Å²) in [4.78, 5) is 2.74. The zero-order valence-corrected chi connectivity index (χ0v) is 26.7. The Kier molecular flexibility index (Phi) is 10.2. The second kappa shape index (κ2) is 13.4. The molecular weight excluding hydrogens is 508 g/mol. The number of benzene rings is 4. The molecule has 3 heteroatoms. The van der Waals surface area contributed by atoms with Crippen molar-refractivity contribution >= 4 is 37.1 Å². The average Bonchev–Trinajstić information content (AvgIpc) is 2.90. The van der Waals surface area contributed by atoms with Gasteiger partial charge in [0.05, 0.1) is 0 Å². The third kappa shape index (κ3) is 8.35. The maximum atomic E-state index is 2.74. The number of hydrogen-bond acceptors (Lipinski definition) is 1. The largest absolute Gasteiger partial charge is 0.298 e. The fourth-order valence-corrected chi connectivity index (χ4v) is 9.49. The van der Waals surface area contributed by atoms with Crippen LogP contribution in [-0.2, 0) is 0 Å². The van der Waals surface area contributed by atoms with E-state index in [0.29, 0.717) is 0 Å². The van der Waals surface area contributed by atoms with Crippen LogP contribution in [0.15, 0.2) is 97.1 Å². The molecule has 0 spiro atoms. The van der Waals surface area contributed by atoms with Crippen LogP contribution in [-0.4, -0.2) is 35.9 Å². The molecule has 0 aliphatic heterocycles. The quantitative estimate of drug-likeness (QED) is 0.183. The maximum Gasteiger partial charge on any atom is 0.0125 e. The summed E-state index contributed by atoms with van der Waals surface area (Å²) in [6.07, 6.45) is 2.34. The zero-order valence-electron chi connectivity index (χ0n) is 24.9. The highest BCUT2D eigenvalue weighted by Crippen LogP contribution is 2.37. The first-order chi connectivity index (χ1) is 18.6. The van der Waals surface area contributed by atoms with Crippen molar-refractivity contribution in [2.45, 2.75) is 54.0 Å². The van der Waals surface area contributed by atoms with Gasteiger partial charge in [-0.25, -0.2) is 0 Å². The van der Waals surface area contributed by atoms with Crippen molar-refractivity contribution < 1.29 is 0 Å². The molecule has 39 heavy (non-hydrogen) atoms. The average molecular weight is 554 g/mol. The highest BCUT2D eigenvalue weighted by Gasteiger charge is 2.25. The molecule has 0 aromatic heterocycles. The smallest absolute Gasteiger partial charge is 0.0125 e. The molecule has 4 aromatic rings. The molecule has 0 amide bonds. The molecule has 0 heterocycles. The van der Waals surface area contributed by atoms with E-state index in [1.165, 1.54) is 55.8 Å². The predicted octanol–water partition coefficient (Wildman–Crippen LogP) is 7.59. The summed E-state index contributed by atoms with van der Waals surface area (Å²) in [7, 11) is -0.826. The van der Waals surface area contributed by atoms with E-state index in [1.807, 2.05) is 0 Å². The van der Waals surface area contributed by atoms with Gasteiger partial charge < -0.3 is 0 Å². The minimum absolute atomic E-state index is 0.114. The minimum atomic E-state index is -0.413. The van der Waals surface area contributed by atoms with Crippen molar-refractivity contribution in [2.24, 2.45) is 0 Å². The Morgan fingerprint density at radius 3 is 0.872 bits per heavy atom. The lowest BCUT2D eigenvalue weighted by atomic mass is 10.1. The van der Waals surface area contributed by atoms with E-state index < -0.39 is 15.8 Å². The first-order valence-corrected chi connectivity index (χ1v) is 17.2. The van der Waals surface area contributed by atoms with Gasteiger partial charge >= 0.3 is 0 Å². The molecule has 1 nitrogen and oxygen atoms in total. The molecule has 204 valence electrons. The highest BCUT2D eigenvalue weighted by molar-refractivity contribution is 7.73. The molecule has 0 bridgehead atoms. The summed E-state index contributed by atoms with van der Waals surface area (Å²) in [6.45, 7) is 18.1. The topological polar surface area (TPSA) is 3.24 Å². The Morgan fingerprint density at radius 2 is 0.667 bits per heavy atom. The van der Waals surface area contributed by atoms with E-state index in [1.54, 1.807) is 0 Å². The van der Waals surface area contributed by atoms with E-state index in [4.69, 9.17) is 0 Å². The summed E-state index contributed by atoms with van der Waals surface area (Å²) >= 11 is 0. The van der Waals surface area contributed by atoms with Gasteiger partial charge in [0.2, 0.25) is 0 Å². The van der Waals surface area contributed by atoms with Crippen LogP contribution in [0.25, 0.3) is 0 Å². The Labute approximate surface area is 240 Å². The Hall–Kier alpha value is -2.30. The van der Waals surface area contributed by atoms with Crippen LogP contribution in [0.1, 0.15) is 43.0 Å². The standard InChI is InChI=1S/C36H45NP2/c1-28-8-16-32(17-9-28)38(33-18-10-29(2)11-19-33)26-24-37(36(5,6)7)25-27-39(34-20-12-30(3)13-21-34)35-22-14-31(4)15-23-35/h8-23H,24-27H2,1-7H3. The van der Waals surface area contributed by atoms with Crippen molar-refractivity contribution in [3.05, 3.63) is 119 Å². The third-order valence-corrected chi connectivity index (χ3v) is 12.5. The summed E-state index contributed by atoms with van der Waals surface area (Å²) in [5, 5.41) is 5.93. The molecular formula is C36H45NP2. The molecule has 0 aliphatic carbocycles. The fraction of sp³-hybridized carbons (Fsp3) is 0.333. The molecule has 4 rings (SSSR count). The van der Waals surface area contributed by atoms with E-state index >= 15 is 0 Å². The van der Waals surface area contributed by atoms with Gasteiger partial charge in [0.25, 0.3) is 0 Å². The van der Waals surface area contributed by atoms with Gasteiger partial charge in [0.15, 0.2) is 0 Å². The molecule has 0 fully saturated rings. The predicted molar refractivity (Wildman–Crippen MR) is 178 cm³/mol. The first-order valence-electron chi connectivity index (χ1n) is 14.2. The number of rotatable bonds is 10. The number of hydrogen-bond donors (Lipinski definition) is 0. The lowest BCUT2D eigenvalue weighted by Gasteiger charge is -2.38. The van der Waals surface area contributed by atoms with Crippen LogP contribution in [0, 0.1) is 27.7 Å². The van der Waals surface area contributed by atoms with Crippen LogP contribution in [0.5, 0.6) is 0 Å². The van der Waals surface area contributed by atoms with Gasteiger partial charge in [-0.2, -0.15) is 0 Å². The molecule has 0 N–H and O–H groups in total. The van der Waals surface area contributed by atoms with Gasteiger partial charge in [0.1, 0.15) is 0 Å². The van der Waals surface area contributed by atoms with Crippen molar-refractivity contribution in [1.82, 2.24) is 4.90 Å². The minimum Gasteiger partial charge on any atom is -0.298 e. The van der Waals surface area contributed by atoms with E-state index in [9.17, 15) is 0 Å². The van der Waals surface area contributed by atoms with Gasteiger partial charge in [-0.1, -0.05) is 119 Å². The molecule has 0 atom stereocenters. The van der Waals surface area contributed by atoms with Gasteiger partial charge in [-0.15, -0.1) is 0 Å². The van der Waals surface area contributed by atoms with Crippen molar-refractivity contribution in [3.63, 3.8) is 0 Å². The normalized spacial score (nSPS) is 12.1. The SMILES string of the molecule is Cc1ccc(P(CCN(CCP(c2ccc(C)cc2)c2ccc(C)cc2)C(C)(C)C)c2ccc(C)cc2)cc1. The van der Waals surface area contributed by atoms with Gasteiger partial charge in [-0.3, -0.25) is 4.90 Å². The van der Waals surface area contributed by atoms with Crippen molar-refractivity contribution in [2.75, 3.05) is 25.4 Å². The van der Waals surface area contributed by atoms with E-state index in [2.05, 4.69) is 150 Å². The summed E-state index contributed by atoms with van der Waals surface area (Å²) in [5.41, 5.74) is 5.43. The molecule has 4 aromatic carbocycles. The lowest BCUT2D eigenvalue weighted by Crippen LogP contribution is -2.45. The third-order valence-electron chi connectivity index (χ3n) is 7.52. The van der Waals surface area contributed by atoms with Crippen molar-refractivity contribution in [1.29, 1.82) is 0 Å². The van der Waals surface area contributed by atoms with Crippen LogP contribution in [0.2, 0.25) is 0 Å². The zero-order chi connectivity index (χ0) is 28.0. The van der Waals surface area contributed by atoms with Crippen molar-refractivity contribution in [3.8, 4) is 0 Å². The second-order valence-electron chi connectivity index (χ2n) is 11.8. The Bertz CT molecular complexity index is 1110.